The van der Waals surface area contributed by atoms with Gasteiger partial charge in [0.15, 0.2) is 17.5 Å². The smallest absolute Gasteiger partial charge is 0.164 e. The lowest BCUT2D eigenvalue weighted by Crippen LogP contribution is -2.38. The van der Waals surface area contributed by atoms with Gasteiger partial charge in [0.05, 0.1) is 11.2 Å². The van der Waals surface area contributed by atoms with Gasteiger partial charge in [0.2, 0.25) is 0 Å². The zero-order valence-corrected chi connectivity index (χ0v) is 31.2. The molecule has 0 bridgehead atoms. The second kappa shape index (κ2) is 12.2. The number of hydrogen-bond acceptors (Lipinski definition) is 3. The van der Waals surface area contributed by atoms with Gasteiger partial charge in [-0.3, -0.25) is 0 Å². The molecule has 0 fully saturated rings. The highest BCUT2D eigenvalue weighted by atomic mass is 15.0. The molecule has 54 heavy (non-hydrogen) atoms. The lowest BCUT2D eigenvalue weighted by Gasteiger charge is -2.42. The van der Waals surface area contributed by atoms with Crippen molar-refractivity contribution in [2.75, 3.05) is 0 Å². The number of aromatic nitrogens is 4. The standard InChI is InChI=1S/C50H42N4/c1-32-16-11-12-23-38(32)35-26-27-39-41-31-50(4)43(40-24-13-14-25-42(40)49(50,2)3)30-45(41)54(44(39)29-35)37-22-15-21-36(28-37)48-52-46(33-17-7-5-8-18-33)51-47(53-48)34-19-9-6-10-20-34/h5-30,32,38H,31H2,1-4H3. The number of benzene rings is 5. The topological polar surface area (TPSA) is 43.6 Å². The summed E-state index contributed by atoms with van der Waals surface area (Å²) in [5.74, 6) is 2.72. The van der Waals surface area contributed by atoms with Gasteiger partial charge < -0.3 is 4.57 Å². The summed E-state index contributed by atoms with van der Waals surface area (Å²) in [6.07, 6.45) is 12.5. The molecule has 4 heteroatoms. The van der Waals surface area contributed by atoms with Crippen LogP contribution in [0.3, 0.4) is 0 Å². The molecule has 0 radical (unpaired) electrons. The Morgan fingerprint density at radius 1 is 0.630 bits per heavy atom. The molecule has 0 N–H and O–H groups in total. The van der Waals surface area contributed by atoms with Crippen LogP contribution < -0.4 is 0 Å². The Labute approximate surface area is 317 Å². The summed E-state index contributed by atoms with van der Waals surface area (Å²) < 4.78 is 2.50. The summed E-state index contributed by atoms with van der Waals surface area (Å²) in [5.41, 5.74) is 13.4. The number of rotatable bonds is 5. The first-order valence-electron chi connectivity index (χ1n) is 19.1. The van der Waals surface area contributed by atoms with Crippen LogP contribution in [0.4, 0.5) is 0 Å². The van der Waals surface area contributed by atoms with Gasteiger partial charge in [-0.1, -0.05) is 161 Å². The van der Waals surface area contributed by atoms with Crippen molar-refractivity contribution in [3.05, 3.63) is 180 Å². The van der Waals surface area contributed by atoms with E-state index >= 15 is 0 Å². The summed E-state index contributed by atoms with van der Waals surface area (Å²) in [6, 6.07) is 45.4. The molecule has 0 aliphatic heterocycles. The van der Waals surface area contributed by atoms with Crippen molar-refractivity contribution in [2.45, 2.75) is 45.4 Å². The minimum atomic E-state index is -0.0404. The fourth-order valence-corrected chi connectivity index (χ4v) is 9.31. The van der Waals surface area contributed by atoms with Gasteiger partial charge in [0.1, 0.15) is 0 Å². The maximum atomic E-state index is 5.09. The van der Waals surface area contributed by atoms with E-state index in [2.05, 4.69) is 154 Å². The molecular formula is C50H42N4. The summed E-state index contributed by atoms with van der Waals surface area (Å²) in [5, 5.41) is 1.32. The van der Waals surface area contributed by atoms with E-state index in [4.69, 9.17) is 15.0 Å². The maximum Gasteiger partial charge on any atom is 0.164 e. The fourth-order valence-electron chi connectivity index (χ4n) is 9.31. The molecule has 2 heterocycles. The Morgan fingerprint density at radius 3 is 1.96 bits per heavy atom. The van der Waals surface area contributed by atoms with Gasteiger partial charge in [-0.25, -0.2) is 15.0 Å². The molecule has 7 aromatic rings. The highest BCUT2D eigenvalue weighted by molar-refractivity contribution is 6.00. The van der Waals surface area contributed by atoms with Gasteiger partial charge in [-0.05, 0) is 64.4 Å². The van der Waals surface area contributed by atoms with Crippen LogP contribution in [0.5, 0.6) is 0 Å². The van der Waals surface area contributed by atoms with E-state index in [9.17, 15) is 0 Å². The molecule has 3 aliphatic carbocycles. The first-order valence-corrected chi connectivity index (χ1v) is 19.1. The highest BCUT2D eigenvalue weighted by Crippen LogP contribution is 2.62. The van der Waals surface area contributed by atoms with E-state index in [1.54, 1.807) is 0 Å². The van der Waals surface area contributed by atoms with Crippen molar-refractivity contribution >= 4 is 22.6 Å². The van der Waals surface area contributed by atoms with E-state index < -0.39 is 0 Å². The Hall–Kier alpha value is -6.13. The molecule has 3 atom stereocenters. The third-order valence-corrected chi connectivity index (χ3v) is 12.7. The zero-order valence-electron chi connectivity index (χ0n) is 31.2. The second-order valence-corrected chi connectivity index (χ2v) is 16.0. The first-order chi connectivity index (χ1) is 26.3. The van der Waals surface area contributed by atoms with Crippen molar-refractivity contribution in [1.82, 2.24) is 19.5 Å². The Kier molecular flexibility index (Phi) is 7.35. The normalized spacial score (nSPS) is 20.7. The van der Waals surface area contributed by atoms with Crippen molar-refractivity contribution < 1.29 is 0 Å². The summed E-state index contributed by atoms with van der Waals surface area (Å²) in [6.45, 7) is 9.67. The molecule has 0 saturated heterocycles. The van der Waals surface area contributed by atoms with Gasteiger partial charge >= 0.3 is 0 Å². The number of hydrogen-bond donors (Lipinski definition) is 0. The molecule has 262 valence electrons. The van der Waals surface area contributed by atoms with Crippen molar-refractivity contribution in [1.29, 1.82) is 0 Å². The van der Waals surface area contributed by atoms with Crippen LogP contribution >= 0.6 is 0 Å². The molecule has 3 aliphatic rings. The Bertz CT molecular complexity index is 2640. The van der Waals surface area contributed by atoms with Gasteiger partial charge in [-0.15, -0.1) is 0 Å². The van der Waals surface area contributed by atoms with Crippen molar-refractivity contribution in [2.24, 2.45) is 11.3 Å². The molecule has 5 aromatic carbocycles. The fraction of sp³-hybridized carbons (Fsp3) is 0.180. The van der Waals surface area contributed by atoms with Gasteiger partial charge in [0.25, 0.3) is 0 Å². The molecule has 4 nitrogen and oxygen atoms in total. The Morgan fingerprint density at radius 2 is 1.26 bits per heavy atom. The van der Waals surface area contributed by atoms with E-state index in [1.807, 2.05) is 36.4 Å². The second-order valence-electron chi connectivity index (χ2n) is 16.0. The van der Waals surface area contributed by atoms with E-state index in [1.165, 1.54) is 44.4 Å². The molecular weight excluding hydrogens is 657 g/mol. The molecule has 0 saturated carbocycles. The monoisotopic (exact) mass is 698 g/mol. The van der Waals surface area contributed by atoms with E-state index in [0.29, 0.717) is 29.3 Å². The van der Waals surface area contributed by atoms with Crippen LogP contribution in [0.25, 0.3) is 62.4 Å². The minimum Gasteiger partial charge on any atom is -0.310 e. The first kappa shape index (κ1) is 32.5. The zero-order chi connectivity index (χ0) is 36.6. The third kappa shape index (κ3) is 4.93. The highest BCUT2D eigenvalue weighted by Gasteiger charge is 2.54. The SMILES string of the molecule is CC1C=CC=CC1c1ccc2c3c(n(-c4cccc(-c5nc(-c6ccccc6)nc(-c6ccccc6)n5)c4)c2c1)C=C1c2ccccc2C(C)(C)C1(C)C3. The lowest BCUT2D eigenvalue weighted by molar-refractivity contribution is 0.267. The summed E-state index contributed by atoms with van der Waals surface area (Å²) >= 11 is 0. The molecule has 2 aromatic heterocycles. The van der Waals surface area contributed by atoms with Crippen LogP contribution in [0.2, 0.25) is 0 Å². The Balaban J connectivity index is 1.20. The van der Waals surface area contributed by atoms with Crippen LogP contribution in [0.1, 0.15) is 61.6 Å². The number of nitrogens with zero attached hydrogens (tertiary/aromatic N) is 4. The largest absolute Gasteiger partial charge is 0.310 e. The summed E-state index contributed by atoms with van der Waals surface area (Å²) in [7, 11) is 0. The van der Waals surface area contributed by atoms with Gasteiger partial charge in [0, 0.05) is 44.5 Å². The lowest BCUT2D eigenvalue weighted by atomic mass is 9.61. The molecule has 0 amide bonds. The van der Waals surface area contributed by atoms with Crippen molar-refractivity contribution in [3.8, 4) is 39.9 Å². The predicted molar refractivity (Wildman–Crippen MR) is 222 cm³/mol. The van der Waals surface area contributed by atoms with Crippen LogP contribution in [0, 0.1) is 11.3 Å². The third-order valence-electron chi connectivity index (χ3n) is 12.7. The number of fused-ring (bicyclic) bond motifs is 6. The maximum absolute atomic E-state index is 5.09. The van der Waals surface area contributed by atoms with Gasteiger partial charge in [-0.2, -0.15) is 0 Å². The van der Waals surface area contributed by atoms with E-state index in [0.717, 1.165) is 28.8 Å². The van der Waals surface area contributed by atoms with E-state index in [-0.39, 0.29) is 10.8 Å². The molecule has 10 rings (SSSR count). The van der Waals surface area contributed by atoms with Crippen LogP contribution in [-0.4, -0.2) is 19.5 Å². The van der Waals surface area contributed by atoms with Crippen LogP contribution in [-0.2, 0) is 11.8 Å². The van der Waals surface area contributed by atoms with Crippen LogP contribution in [0.15, 0.2) is 152 Å². The number of allylic oxidation sites excluding steroid dienone is 5. The minimum absolute atomic E-state index is 0.0122. The predicted octanol–water partition coefficient (Wildman–Crippen LogP) is 12.1. The summed E-state index contributed by atoms with van der Waals surface area (Å²) in [4.78, 5) is 15.1. The average Bonchev–Trinajstić information content (AvgIpc) is 3.61. The molecule has 0 spiro atoms. The average molecular weight is 699 g/mol. The molecule has 3 unspecified atom stereocenters. The van der Waals surface area contributed by atoms with Crippen molar-refractivity contribution in [3.63, 3.8) is 0 Å². The quantitative estimate of drug-likeness (QED) is 0.180.